The van der Waals surface area contributed by atoms with E-state index in [-0.39, 0.29) is 17.9 Å². The lowest BCUT2D eigenvalue weighted by molar-refractivity contribution is -0.142. The van der Waals surface area contributed by atoms with Crippen molar-refractivity contribution < 1.29 is 14.1 Å². The Morgan fingerprint density at radius 3 is 3.05 bits per heavy atom. The molecule has 0 aliphatic carbocycles. The van der Waals surface area contributed by atoms with Crippen LogP contribution in [-0.2, 0) is 16.0 Å². The smallest absolute Gasteiger partial charge is 0.251 e. The molecule has 3 heterocycles. The molecule has 6 nitrogen and oxygen atoms in total. The molecule has 2 atom stereocenters. The number of aromatic nitrogens is 2. The first-order chi connectivity index (χ1) is 10.3. The minimum absolute atomic E-state index is 0.130. The monoisotopic (exact) mass is 293 g/mol. The van der Waals surface area contributed by atoms with Crippen LogP contribution in [0.25, 0.3) is 0 Å². The summed E-state index contributed by atoms with van der Waals surface area (Å²) in [7, 11) is 0. The molecule has 21 heavy (non-hydrogen) atoms. The average molecular weight is 293 g/mol. The van der Waals surface area contributed by atoms with Gasteiger partial charge in [-0.2, -0.15) is 4.98 Å². The molecule has 0 aromatic carbocycles. The van der Waals surface area contributed by atoms with Gasteiger partial charge in [-0.3, -0.25) is 4.79 Å². The molecule has 0 saturated carbocycles. The molecule has 3 rings (SSSR count). The minimum Gasteiger partial charge on any atom is -0.368 e. The highest BCUT2D eigenvalue weighted by molar-refractivity contribution is 5.81. The Bertz CT molecular complexity index is 482. The number of aryl methyl sites for hydroxylation is 1. The van der Waals surface area contributed by atoms with Crippen molar-refractivity contribution in [2.75, 3.05) is 19.7 Å². The number of ether oxygens (including phenoxy) is 1. The Hall–Kier alpha value is -1.43. The normalized spacial score (nSPS) is 26.2. The minimum atomic E-state index is -0.234. The summed E-state index contributed by atoms with van der Waals surface area (Å²) in [4.78, 5) is 18.8. The third-order valence-electron chi connectivity index (χ3n) is 4.24. The van der Waals surface area contributed by atoms with Gasteiger partial charge in [0.2, 0.25) is 5.89 Å². The number of piperidine rings is 1. The SMILES string of the molecule is CCCc1noc([C@H]2CCCN(C(=O)[C@@H]3CCCO3)C2)n1. The summed E-state index contributed by atoms with van der Waals surface area (Å²) in [6.07, 6.45) is 5.43. The number of hydrogen-bond acceptors (Lipinski definition) is 5. The molecular weight excluding hydrogens is 270 g/mol. The number of carbonyl (C=O) groups is 1. The van der Waals surface area contributed by atoms with Crippen molar-refractivity contribution >= 4 is 5.91 Å². The van der Waals surface area contributed by atoms with Gasteiger partial charge in [-0.25, -0.2) is 0 Å². The number of carbonyl (C=O) groups excluding carboxylic acids is 1. The van der Waals surface area contributed by atoms with E-state index in [0.717, 1.165) is 50.9 Å². The van der Waals surface area contributed by atoms with E-state index >= 15 is 0 Å². The Labute approximate surface area is 124 Å². The number of hydrogen-bond donors (Lipinski definition) is 0. The summed E-state index contributed by atoms with van der Waals surface area (Å²) in [6.45, 7) is 4.29. The van der Waals surface area contributed by atoms with E-state index in [1.807, 2.05) is 4.90 Å². The first kappa shape index (κ1) is 14.5. The zero-order chi connectivity index (χ0) is 14.7. The highest BCUT2D eigenvalue weighted by Gasteiger charge is 2.33. The maximum absolute atomic E-state index is 12.4. The number of nitrogens with zero attached hydrogens (tertiary/aromatic N) is 3. The fourth-order valence-electron chi connectivity index (χ4n) is 3.11. The summed E-state index contributed by atoms with van der Waals surface area (Å²) >= 11 is 0. The number of likely N-dealkylation sites (tertiary alicyclic amines) is 1. The van der Waals surface area contributed by atoms with Crippen molar-refractivity contribution in [2.24, 2.45) is 0 Å². The molecule has 0 unspecified atom stereocenters. The van der Waals surface area contributed by atoms with Gasteiger partial charge in [-0.15, -0.1) is 0 Å². The summed E-state index contributed by atoms with van der Waals surface area (Å²) in [5, 5.41) is 4.01. The van der Waals surface area contributed by atoms with Gasteiger partial charge in [0.25, 0.3) is 5.91 Å². The van der Waals surface area contributed by atoms with E-state index in [1.165, 1.54) is 0 Å². The van der Waals surface area contributed by atoms with Crippen LogP contribution in [0.2, 0.25) is 0 Å². The van der Waals surface area contributed by atoms with Gasteiger partial charge in [0.15, 0.2) is 5.82 Å². The van der Waals surface area contributed by atoms with Crippen molar-refractivity contribution in [3.05, 3.63) is 11.7 Å². The van der Waals surface area contributed by atoms with E-state index < -0.39 is 0 Å². The average Bonchev–Trinajstić information content (AvgIpc) is 3.18. The number of amides is 1. The maximum Gasteiger partial charge on any atom is 0.251 e. The van der Waals surface area contributed by atoms with Crippen LogP contribution in [-0.4, -0.2) is 46.7 Å². The van der Waals surface area contributed by atoms with E-state index in [0.29, 0.717) is 19.0 Å². The van der Waals surface area contributed by atoms with Crippen molar-refractivity contribution in [3.8, 4) is 0 Å². The highest BCUT2D eigenvalue weighted by atomic mass is 16.5. The molecule has 0 bridgehead atoms. The van der Waals surface area contributed by atoms with E-state index in [1.54, 1.807) is 0 Å². The van der Waals surface area contributed by atoms with Crippen LogP contribution < -0.4 is 0 Å². The summed E-state index contributed by atoms with van der Waals surface area (Å²) in [5.74, 6) is 1.76. The maximum atomic E-state index is 12.4. The van der Waals surface area contributed by atoms with E-state index in [2.05, 4.69) is 17.1 Å². The quantitative estimate of drug-likeness (QED) is 0.848. The molecule has 1 aromatic rings. The summed E-state index contributed by atoms with van der Waals surface area (Å²) < 4.78 is 10.9. The first-order valence-electron chi connectivity index (χ1n) is 8.00. The van der Waals surface area contributed by atoms with Gasteiger partial charge in [0.1, 0.15) is 6.10 Å². The lowest BCUT2D eigenvalue weighted by Gasteiger charge is -2.32. The largest absolute Gasteiger partial charge is 0.368 e. The molecule has 2 aliphatic heterocycles. The van der Waals surface area contributed by atoms with Crippen molar-refractivity contribution in [1.82, 2.24) is 15.0 Å². The molecule has 6 heteroatoms. The fraction of sp³-hybridized carbons (Fsp3) is 0.800. The Balaban J connectivity index is 1.63. The Morgan fingerprint density at radius 1 is 1.38 bits per heavy atom. The number of rotatable bonds is 4. The molecular formula is C15H23N3O3. The Morgan fingerprint density at radius 2 is 2.29 bits per heavy atom. The van der Waals surface area contributed by atoms with Gasteiger partial charge < -0.3 is 14.2 Å². The molecule has 2 saturated heterocycles. The van der Waals surface area contributed by atoms with Gasteiger partial charge in [-0.05, 0) is 32.1 Å². The molecule has 0 spiro atoms. The van der Waals surface area contributed by atoms with Crippen LogP contribution in [0, 0.1) is 0 Å². The van der Waals surface area contributed by atoms with Crippen molar-refractivity contribution in [3.63, 3.8) is 0 Å². The summed E-state index contributed by atoms with van der Waals surface area (Å²) in [5.41, 5.74) is 0. The zero-order valence-electron chi connectivity index (χ0n) is 12.6. The third-order valence-corrected chi connectivity index (χ3v) is 4.24. The predicted molar refractivity (Wildman–Crippen MR) is 75.8 cm³/mol. The van der Waals surface area contributed by atoms with Crippen LogP contribution in [0.4, 0.5) is 0 Å². The lowest BCUT2D eigenvalue weighted by atomic mass is 9.97. The van der Waals surface area contributed by atoms with Crippen LogP contribution in [0.3, 0.4) is 0 Å². The Kier molecular flexibility index (Phi) is 4.53. The molecule has 2 fully saturated rings. The van der Waals surface area contributed by atoms with Crippen molar-refractivity contribution in [2.45, 2.75) is 57.5 Å². The third kappa shape index (κ3) is 3.26. The van der Waals surface area contributed by atoms with Crippen LogP contribution >= 0.6 is 0 Å². The fourth-order valence-corrected chi connectivity index (χ4v) is 3.11. The van der Waals surface area contributed by atoms with Gasteiger partial charge in [0.05, 0.1) is 5.92 Å². The van der Waals surface area contributed by atoms with Crippen LogP contribution in [0.15, 0.2) is 4.52 Å². The van der Waals surface area contributed by atoms with Gasteiger partial charge in [0, 0.05) is 26.1 Å². The molecule has 1 aromatic heterocycles. The van der Waals surface area contributed by atoms with Gasteiger partial charge >= 0.3 is 0 Å². The molecule has 116 valence electrons. The molecule has 1 amide bonds. The highest BCUT2D eigenvalue weighted by Crippen LogP contribution is 2.27. The van der Waals surface area contributed by atoms with E-state index in [9.17, 15) is 4.79 Å². The van der Waals surface area contributed by atoms with E-state index in [4.69, 9.17) is 9.26 Å². The second-order valence-electron chi connectivity index (χ2n) is 5.92. The standard InChI is InChI=1S/C15H23N3O3/c1-2-5-13-16-14(21-17-13)11-6-3-8-18(10-11)15(19)12-7-4-9-20-12/h11-12H,2-10H2,1H3/t11-,12-/m0/s1. The van der Waals surface area contributed by atoms with Crippen LogP contribution in [0.1, 0.15) is 56.7 Å². The molecule has 2 aliphatic rings. The predicted octanol–water partition coefficient (Wildman–Crippen LogP) is 1.91. The second kappa shape index (κ2) is 6.56. The second-order valence-corrected chi connectivity index (χ2v) is 5.92. The lowest BCUT2D eigenvalue weighted by Crippen LogP contribution is -2.44. The molecule has 0 N–H and O–H groups in total. The first-order valence-corrected chi connectivity index (χ1v) is 8.00. The van der Waals surface area contributed by atoms with Gasteiger partial charge in [-0.1, -0.05) is 12.1 Å². The topological polar surface area (TPSA) is 68.5 Å². The zero-order valence-corrected chi connectivity index (χ0v) is 12.6. The van der Waals surface area contributed by atoms with Crippen LogP contribution in [0.5, 0.6) is 0 Å². The summed E-state index contributed by atoms with van der Waals surface area (Å²) in [6, 6.07) is 0. The molecule has 0 radical (unpaired) electrons. The van der Waals surface area contributed by atoms with Crippen molar-refractivity contribution in [1.29, 1.82) is 0 Å².